The Labute approximate surface area is 127 Å². The number of ether oxygens (including phenoxy) is 1. The number of carbonyl (C=O) groups excluding carboxylic acids is 1. The van der Waals surface area contributed by atoms with E-state index in [1.165, 1.54) is 0 Å². The SMILES string of the molecule is COc1cc(C)ccc1NC(=O)c1cccc(C)c1Br. The van der Waals surface area contributed by atoms with Gasteiger partial charge >= 0.3 is 0 Å². The van der Waals surface area contributed by atoms with E-state index in [0.29, 0.717) is 17.0 Å². The molecule has 104 valence electrons. The van der Waals surface area contributed by atoms with Crippen molar-refractivity contribution in [2.75, 3.05) is 12.4 Å². The summed E-state index contributed by atoms with van der Waals surface area (Å²) in [6.07, 6.45) is 0. The third-order valence-electron chi connectivity index (χ3n) is 3.04. The Kier molecular flexibility index (Phi) is 4.45. The minimum absolute atomic E-state index is 0.164. The Morgan fingerprint density at radius 2 is 1.95 bits per heavy atom. The van der Waals surface area contributed by atoms with Crippen LogP contribution < -0.4 is 10.1 Å². The Bertz CT molecular complexity index is 653. The van der Waals surface area contributed by atoms with Gasteiger partial charge in [-0.25, -0.2) is 0 Å². The van der Waals surface area contributed by atoms with Gasteiger partial charge in [-0.05, 0) is 59.1 Å². The van der Waals surface area contributed by atoms with Crippen molar-refractivity contribution in [3.05, 3.63) is 57.6 Å². The summed E-state index contributed by atoms with van der Waals surface area (Å²) in [4.78, 5) is 12.3. The second-order valence-corrected chi connectivity index (χ2v) is 5.39. The van der Waals surface area contributed by atoms with E-state index in [0.717, 1.165) is 15.6 Å². The molecule has 3 nitrogen and oxygen atoms in total. The van der Waals surface area contributed by atoms with Gasteiger partial charge in [0.05, 0.1) is 18.4 Å². The maximum absolute atomic E-state index is 12.3. The van der Waals surface area contributed by atoms with Gasteiger partial charge in [-0.3, -0.25) is 4.79 Å². The Hall–Kier alpha value is -1.81. The van der Waals surface area contributed by atoms with Crippen LogP contribution in [0.25, 0.3) is 0 Å². The lowest BCUT2D eigenvalue weighted by molar-refractivity contribution is 0.102. The first-order valence-corrected chi connectivity index (χ1v) is 7.03. The first kappa shape index (κ1) is 14.6. The molecule has 1 N–H and O–H groups in total. The van der Waals surface area contributed by atoms with Gasteiger partial charge in [-0.15, -0.1) is 0 Å². The van der Waals surface area contributed by atoms with E-state index in [4.69, 9.17) is 4.74 Å². The van der Waals surface area contributed by atoms with Crippen LogP contribution in [-0.4, -0.2) is 13.0 Å². The van der Waals surface area contributed by atoms with Crippen LogP contribution in [0.15, 0.2) is 40.9 Å². The standard InChI is InChI=1S/C16H16BrNO2/c1-10-7-8-13(14(9-10)20-3)18-16(19)12-6-4-5-11(2)15(12)17/h4-9H,1-3H3,(H,18,19). The number of aryl methyl sites for hydroxylation is 2. The summed E-state index contributed by atoms with van der Waals surface area (Å²) in [6, 6.07) is 11.3. The number of benzene rings is 2. The first-order chi connectivity index (χ1) is 9.52. The highest BCUT2D eigenvalue weighted by molar-refractivity contribution is 9.10. The van der Waals surface area contributed by atoms with Crippen LogP contribution in [0.1, 0.15) is 21.5 Å². The monoisotopic (exact) mass is 333 g/mol. The fraction of sp³-hybridized carbons (Fsp3) is 0.188. The number of anilines is 1. The fourth-order valence-electron chi connectivity index (χ4n) is 1.91. The van der Waals surface area contributed by atoms with Crippen LogP contribution in [-0.2, 0) is 0 Å². The molecule has 0 fully saturated rings. The van der Waals surface area contributed by atoms with E-state index < -0.39 is 0 Å². The molecule has 4 heteroatoms. The Morgan fingerprint density at radius 1 is 1.20 bits per heavy atom. The average molecular weight is 334 g/mol. The molecular weight excluding hydrogens is 318 g/mol. The number of carbonyl (C=O) groups is 1. The van der Waals surface area contributed by atoms with E-state index >= 15 is 0 Å². The third kappa shape index (κ3) is 3.02. The maximum atomic E-state index is 12.3. The quantitative estimate of drug-likeness (QED) is 0.907. The van der Waals surface area contributed by atoms with Crippen molar-refractivity contribution in [1.82, 2.24) is 0 Å². The highest BCUT2D eigenvalue weighted by atomic mass is 79.9. The first-order valence-electron chi connectivity index (χ1n) is 6.24. The number of halogens is 1. The molecule has 0 heterocycles. The van der Waals surface area contributed by atoms with Crippen LogP contribution in [0.2, 0.25) is 0 Å². The van der Waals surface area contributed by atoms with Crippen molar-refractivity contribution < 1.29 is 9.53 Å². The fourth-order valence-corrected chi connectivity index (χ4v) is 2.36. The van der Waals surface area contributed by atoms with Gasteiger partial charge in [-0.2, -0.15) is 0 Å². The van der Waals surface area contributed by atoms with Crippen LogP contribution >= 0.6 is 15.9 Å². The Morgan fingerprint density at radius 3 is 2.65 bits per heavy atom. The molecule has 0 radical (unpaired) electrons. The van der Waals surface area contributed by atoms with Crippen molar-refractivity contribution in [3.63, 3.8) is 0 Å². The number of hydrogen-bond acceptors (Lipinski definition) is 2. The number of nitrogens with one attached hydrogen (secondary N) is 1. The van der Waals surface area contributed by atoms with Gasteiger partial charge < -0.3 is 10.1 Å². The molecule has 2 aromatic rings. The molecule has 1 amide bonds. The second-order valence-electron chi connectivity index (χ2n) is 4.59. The molecule has 0 aliphatic rings. The molecule has 0 unspecified atom stereocenters. The summed E-state index contributed by atoms with van der Waals surface area (Å²) in [5.41, 5.74) is 3.37. The van der Waals surface area contributed by atoms with Gasteiger partial charge in [0, 0.05) is 4.47 Å². The van der Waals surface area contributed by atoms with Crippen molar-refractivity contribution in [2.24, 2.45) is 0 Å². The van der Waals surface area contributed by atoms with Crippen LogP contribution in [0.5, 0.6) is 5.75 Å². The van der Waals surface area contributed by atoms with E-state index in [2.05, 4.69) is 21.2 Å². The molecule has 2 rings (SSSR count). The zero-order valence-corrected chi connectivity index (χ0v) is 13.2. The zero-order chi connectivity index (χ0) is 14.7. The van der Waals surface area contributed by atoms with Crippen molar-refractivity contribution in [3.8, 4) is 5.75 Å². The summed E-state index contributed by atoms with van der Waals surface area (Å²) in [5.74, 6) is 0.491. The van der Waals surface area contributed by atoms with Crippen molar-refractivity contribution in [1.29, 1.82) is 0 Å². The zero-order valence-electron chi connectivity index (χ0n) is 11.7. The molecule has 20 heavy (non-hydrogen) atoms. The number of methoxy groups -OCH3 is 1. The number of rotatable bonds is 3. The van der Waals surface area contributed by atoms with Gasteiger partial charge in [0.2, 0.25) is 0 Å². The van der Waals surface area contributed by atoms with Crippen LogP contribution in [0, 0.1) is 13.8 Å². The van der Waals surface area contributed by atoms with Crippen LogP contribution in [0.3, 0.4) is 0 Å². The molecule has 0 saturated heterocycles. The van der Waals surface area contributed by atoms with Crippen molar-refractivity contribution >= 4 is 27.5 Å². The van der Waals surface area contributed by atoms with Gasteiger partial charge in [0.1, 0.15) is 5.75 Å². The Balaban J connectivity index is 2.30. The maximum Gasteiger partial charge on any atom is 0.256 e. The van der Waals surface area contributed by atoms with Gasteiger partial charge in [0.25, 0.3) is 5.91 Å². The molecule has 0 aliphatic heterocycles. The summed E-state index contributed by atoms with van der Waals surface area (Å²) < 4.78 is 6.10. The largest absolute Gasteiger partial charge is 0.495 e. The van der Waals surface area contributed by atoms with Crippen LogP contribution in [0.4, 0.5) is 5.69 Å². The normalized spacial score (nSPS) is 10.2. The highest BCUT2D eigenvalue weighted by Gasteiger charge is 2.13. The van der Waals surface area contributed by atoms with E-state index in [1.54, 1.807) is 13.2 Å². The second kappa shape index (κ2) is 6.09. The molecule has 0 atom stereocenters. The highest BCUT2D eigenvalue weighted by Crippen LogP contribution is 2.27. The van der Waals surface area contributed by atoms with E-state index in [9.17, 15) is 4.79 Å². The van der Waals surface area contributed by atoms with Crippen molar-refractivity contribution in [2.45, 2.75) is 13.8 Å². The van der Waals surface area contributed by atoms with E-state index in [1.807, 2.05) is 44.2 Å². The van der Waals surface area contributed by atoms with Gasteiger partial charge in [-0.1, -0.05) is 18.2 Å². The smallest absolute Gasteiger partial charge is 0.256 e. The third-order valence-corrected chi connectivity index (χ3v) is 4.09. The summed E-state index contributed by atoms with van der Waals surface area (Å²) in [6.45, 7) is 3.93. The van der Waals surface area contributed by atoms with Gasteiger partial charge in [0.15, 0.2) is 0 Å². The lowest BCUT2D eigenvalue weighted by Crippen LogP contribution is -2.13. The predicted molar refractivity (Wildman–Crippen MR) is 84.6 cm³/mol. The minimum atomic E-state index is -0.164. The summed E-state index contributed by atoms with van der Waals surface area (Å²) in [7, 11) is 1.59. The summed E-state index contributed by atoms with van der Waals surface area (Å²) >= 11 is 3.45. The number of amides is 1. The summed E-state index contributed by atoms with van der Waals surface area (Å²) in [5, 5.41) is 2.88. The molecular formula is C16H16BrNO2. The topological polar surface area (TPSA) is 38.3 Å². The molecule has 0 bridgehead atoms. The molecule has 2 aromatic carbocycles. The molecule has 0 aromatic heterocycles. The van der Waals surface area contributed by atoms with E-state index in [-0.39, 0.29) is 5.91 Å². The average Bonchev–Trinajstić information content (AvgIpc) is 2.43. The predicted octanol–water partition coefficient (Wildman–Crippen LogP) is 4.33. The minimum Gasteiger partial charge on any atom is -0.495 e. The molecule has 0 spiro atoms. The lowest BCUT2D eigenvalue weighted by Gasteiger charge is -2.12. The molecule has 0 aliphatic carbocycles. The lowest BCUT2D eigenvalue weighted by atomic mass is 10.1. The number of hydrogen-bond donors (Lipinski definition) is 1. The molecule has 0 saturated carbocycles.